The molecule has 1 spiro atoms. The van der Waals surface area contributed by atoms with Gasteiger partial charge in [-0.15, -0.1) is 0 Å². The fraction of sp³-hybridized carbons (Fsp3) is 0.650. The van der Waals surface area contributed by atoms with E-state index < -0.39 is 0 Å². The molecule has 24 heavy (non-hydrogen) atoms. The maximum Gasteiger partial charge on any atom is 0.223 e. The summed E-state index contributed by atoms with van der Waals surface area (Å²) in [5.41, 5.74) is 2.37. The number of ether oxygens (including phenoxy) is 1. The third kappa shape index (κ3) is 2.97. The van der Waals surface area contributed by atoms with Crippen LogP contribution in [0.3, 0.4) is 0 Å². The average molecular weight is 348 g/mol. The van der Waals surface area contributed by atoms with Crippen LogP contribution in [-0.4, -0.2) is 12.5 Å². The van der Waals surface area contributed by atoms with Gasteiger partial charge in [-0.3, -0.25) is 4.79 Å². The summed E-state index contributed by atoms with van der Waals surface area (Å²) in [6.07, 6.45) is 9.10. The Bertz CT molecular complexity index is 618. The second-order valence-electron chi connectivity index (χ2n) is 7.83. The van der Waals surface area contributed by atoms with Gasteiger partial charge in [0.05, 0.1) is 19.3 Å². The molecule has 2 fully saturated rings. The highest BCUT2D eigenvalue weighted by Crippen LogP contribution is 2.50. The van der Waals surface area contributed by atoms with Crippen LogP contribution >= 0.6 is 11.6 Å². The van der Waals surface area contributed by atoms with E-state index >= 15 is 0 Å². The number of halogens is 1. The molecule has 3 nitrogen and oxygen atoms in total. The molecule has 1 atom stereocenters. The summed E-state index contributed by atoms with van der Waals surface area (Å²) in [6, 6.07) is 6.06. The van der Waals surface area contributed by atoms with E-state index in [-0.39, 0.29) is 23.3 Å². The lowest BCUT2D eigenvalue weighted by molar-refractivity contribution is -0.127. The second kappa shape index (κ2) is 6.68. The molecule has 2 saturated carbocycles. The monoisotopic (exact) mass is 347 g/mol. The molecule has 3 aliphatic rings. The Morgan fingerprint density at radius 2 is 1.92 bits per heavy atom. The number of benzene rings is 1. The van der Waals surface area contributed by atoms with E-state index in [0.29, 0.717) is 6.61 Å². The molecule has 0 bridgehead atoms. The smallest absolute Gasteiger partial charge is 0.223 e. The molecule has 2 aliphatic carbocycles. The molecule has 0 saturated heterocycles. The van der Waals surface area contributed by atoms with Gasteiger partial charge in [0.15, 0.2) is 0 Å². The van der Waals surface area contributed by atoms with Crippen LogP contribution in [0, 0.1) is 11.3 Å². The van der Waals surface area contributed by atoms with E-state index in [4.69, 9.17) is 16.3 Å². The first kappa shape index (κ1) is 16.4. The fourth-order valence-corrected chi connectivity index (χ4v) is 5.12. The van der Waals surface area contributed by atoms with Gasteiger partial charge in [-0.25, -0.2) is 0 Å². The number of rotatable bonds is 2. The summed E-state index contributed by atoms with van der Waals surface area (Å²) in [4.78, 5) is 12.9. The normalized spacial score (nSPS) is 26.3. The van der Waals surface area contributed by atoms with E-state index in [1.165, 1.54) is 36.8 Å². The van der Waals surface area contributed by atoms with Crippen molar-refractivity contribution in [1.82, 2.24) is 5.32 Å². The van der Waals surface area contributed by atoms with Crippen molar-refractivity contribution in [2.24, 2.45) is 11.3 Å². The molecule has 1 aromatic carbocycles. The Kier molecular flexibility index (Phi) is 4.57. The molecule has 130 valence electrons. The van der Waals surface area contributed by atoms with Crippen LogP contribution in [0.4, 0.5) is 0 Å². The third-order valence-electron chi connectivity index (χ3n) is 6.29. The van der Waals surface area contributed by atoms with Crippen molar-refractivity contribution >= 4 is 17.5 Å². The van der Waals surface area contributed by atoms with Gasteiger partial charge in [0.25, 0.3) is 0 Å². The van der Waals surface area contributed by atoms with Crippen LogP contribution < -0.4 is 5.32 Å². The predicted molar refractivity (Wildman–Crippen MR) is 94.9 cm³/mol. The minimum atomic E-state index is 0.0318. The molecule has 1 heterocycles. The van der Waals surface area contributed by atoms with E-state index in [2.05, 4.69) is 11.4 Å². The van der Waals surface area contributed by atoms with Crippen LogP contribution in [-0.2, 0) is 16.1 Å². The minimum Gasteiger partial charge on any atom is -0.376 e. The Balaban J connectivity index is 1.70. The van der Waals surface area contributed by atoms with Crippen molar-refractivity contribution in [3.63, 3.8) is 0 Å². The molecule has 1 aliphatic heterocycles. The van der Waals surface area contributed by atoms with Crippen LogP contribution in [0.2, 0.25) is 5.02 Å². The lowest BCUT2D eigenvalue weighted by atomic mass is 9.75. The SMILES string of the molecule is O=C(N[C@H]1c2cc(Cl)ccc2COCC12CCCC2)C1CCCC1. The summed E-state index contributed by atoms with van der Waals surface area (Å²) in [5.74, 6) is 0.423. The number of carbonyl (C=O) groups excluding carboxylic acids is 1. The highest BCUT2D eigenvalue weighted by Gasteiger charge is 2.45. The number of fused-ring (bicyclic) bond motifs is 1. The molecule has 0 unspecified atom stereocenters. The van der Waals surface area contributed by atoms with Crippen LogP contribution in [0.25, 0.3) is 0 Å². The number of amides is 1. The molecule has 0 aromatic heterocycles. The standard InChI is InChI=1S/C20H26ClNO2/c21-16-8-7-15-12-24-13-20(9-3-4-10-20)18(17(15)11-16)22-19(23)14-5-1-2-6-14/h7-8,11,14,18H,1-6,9-10,12-13H2,(H,22,23)/t18-/m0/s1. The molecule has 1 aromatic rings. The van der Waals surface area contributed by atoms with Gasteiger partial charge >= 0.3 is 0 Å². The zero-order valence-corrected chi connectivity index (χ0v) is 14.9. The summed E-state index contributed by atoms with van der Waals surface area (Å²) >= 11 is 6.30. The zero-order valence-electron chi connectivity index (χ0n) is 14.2. The van der Waals surface area contributed by atoms with Gasteiger partial charge in [0.2, 0.25) is 5.91 Å². The first-order chi connectivity index (χ1) is 11.7. The number of carbonyl (C=O) groups is 1. The first-order valence-electron chi connectivity index (χ1n) is 9.34. The maximum absolute atomic E-state index is 12.9. The molecule has 4 rings (SSSR count). The van der Waals surface area contributed by atoms with E-state index in [1.54, 1.807) is 0 Å². The molecule has 4 heteroatoms. The molecular weight excluding hydrogens is 322 g/mol. The Labute approximate surface area is 149 Å². The van der Waals surface area contributed by atoms with Crippen LogP contribution in [0.5, 0.6) is 0 Å². The zero-order chi connectivity index (χ0) is 16.6. The molecule has 1 amide bonds. The Morgan fingerprint density at radius 3 is 2.67 bits per heavy atom. The van der Waals surface area contributed by atoms with E-state index in [1.807, 2.05) is 12.1 Å². The van der Waals surface area contributed by atoms with E-state index in [9.17, 15) is 4.79 Å². The van der Waals surface area contributed by atoms with Crippen molar-refractivity contribution in [1.29, 1.82) is 0 Å². The Hall–Kier alpha value is -1.06. The van der Waals surface area contributed by atoms with Crippen LogP contribution in [0.15, 0.2) is 18.2 Å². The summed E-state index contributed by atoms with van der Waals surface area (Å²) in [7, 11) is 0. The van der Waals surface area contributed by atoms with Crippen molar-refractivity contribution in [3.8, 4) is 0 Å². The quantitative estimate of drug-likeness (QED) is 0.836. The molecule has 0 radical (unpaired) electrons. The van der Waals surface area contributed by atoms with Gasteiger partial charge in [-0.2, -0.15) is 0 Å². The largest absolute Gasteiger partial charge is 0.376 e. The van der Waals surface area contributed by atoms with Gasteiger partial charge in [-0.05, 0) is 48.9 Å². The Morgan fingerprint density at radius 1 is 1.17 bits per heavy atom. The minimum absolute atomic E-state index is 0.0318. The number of hydrogen-bond donors (Lipinski definition) is 1. The van der Waals surface area contributed by atoms with Crippen LogP contribution in [0.1, 0.15) is 68.5 Å². The van der Waals surface area contributed by atoms with E-state index in [0.717, 1.165) is 37.3 Å². The summed E-state index contributed by atoms with van der Waals surface area (Å²) in [6.45, 7) is 1.35. The predicted octanol–water partition coefficient (Wildman–Crippen LogP) is 4.78. The lowest BCUT2D eigenvalue weighted by Gasteiger charge is -2.37. The first-order valence-corrected chi connectivity index (χ1v) is 9.72. The third-order valence-corrected chi connectivity index (χ3v) is 6.53. The van der Waals surface area contributed by atoms with Crippen molar-refractivity contribution in [3.05, 3.63) is 34.3 Å². The lowest BCUT2D eigenvalue weighted by Crippen LogP contribution is -2.43. The summed E-state index contributed by atoms with van der Waals surface area (Å²) < 4.78 is 6.04. The maximum atomic E-state index is 12.9. The highest BCUT2D eigenvalue weighted by molar-refractivity contribution is 6.30. The number of hydrogen-bond acceptors (Lipinski definition) is 2. The summed E-state index contributed by atoms with van der Waals surface area (Å²) in [5, 5.41) is 4.18. The highest BCUT2D eigenvalue weighted by atomic mass is 35.5. The topological polar surface area (TPSA) is 38.3 Å². The second-order valence-corrected chi connectivity index (χ2v) is 8.26. The van der Waals surface area contributed by atoms with Crippen molar-refractivity contribution in [2.45, 2.75) is 64.0 Å². The molecule has 1 N–H and O–H groups in total. The molecular formula is C20H26ClNO2. The van der Waals surface area contributed by atoms with Gasteiger partial charge in [0.1, 0.15) is 0 Å². The van der Waals surface area contributed by atoms with Gasteiger partial charge in [-0.1, -0.05) is 43.4 Å². The van der Waals surface area contributed by atoms with Gasteiger partial charge < -0.3 is 10.1 Å². The number of nitrogens with one attached hydrogen (secondary N) is 1. The van der Waals surface area contributed by atoms with Crippen molar-refractivity contribution in [2.75, 3.05) is 6.61 Å². The van der Waals surface area contributed by atoms with Gasteiger partial charge in [0, 0.05) is 16.4 Å². The fourth-order valence-electron chi connectivity index (χ4n) is 4.93. The van der Waals surface area contributed by atoms with Crippen molar-refractivity contribution < 1.29 is 9.53 Å². The average Bonchev–Trinajstić information content (AvgIpc) is 3.23.